The highest BCUT2D eigenvalue weighted by molar-refractivity contribution is 5.91. The van der Waals surface area contributed by atoms with Crippen LogP contribution in [0.5, 0.6) is 0 Å². The van der Waals surface area contributed by atoms with Crippen LogP contribution >= 0.6 is 0 Å². The molecule has 5 heteroatoms. The molecule has 0 saturated heterocycles. The van der Waals surface area contributed by atoms with Gasteiger partial charge in [-0.25, -0.2) is 9.59 Å². The lowest BCUT2D eigenvalue weighted by Gasteiger charge is -2.32. The summed E-state index contributed by atoms with van der Waals surface area (Å²) in [6.45, 7) is 1.97. The Balaban J connectivity index is 1.40. The lowest BCUT2D eigenvalue weighted by molar-refractivity contribution is -0.0348. The molecule has 0 radical (unpaired) electrons. The molecule has 1 fully saturated rings. The number of fused-ring (bicyclic) bond motifs is 5. The van der Waals surface area contributed by atoms with E-state index < -0.39 is 18.2 Å². The Kier molecular flexibility index (Phi) is 5.41. The largest absolute Gasteiger partial charge is 0.454 e. The summed E-state index contributed by atoms with van der Waals surface area (Å²) in [5.74, 6) is -0.741. The number of nitrogens with zero attached hydrogens (tertiary/aromatic N) is 1. The predicted octanol–water partition coefficient (Wildman–Crippen LogP) is 5.10. The van der Waals surface area contributed by atoms with Gasteiger partial charge in [0.2, 0.25) is 0 Å². The third kappa shape index (κ3) is 3.88. The van der Waals surface area contributed by atoms with Gasteiger partial charge >= 0.3 is 11.9 Å². The topological polar surface area (TPSA) is 55.8 Å². The third-order valence-corrected chi connectivity index (χ3v) is 6.81. The van der Waals surface area contributed by atoms with Crippen LogP contribution in [0.3, 0.4) is 0 Å². The highest BCUT2D eigenvalue weighted by Gasteiger charge is 2.55. The monoisotopic (exact) mass is 441 g/mol. The van der Waals surface area contributed by atoms with Crippen molar-refractivity contribution in [2.24, 2.45) is 0 Å². The van der Waals surface area contributed by atoms with Gasteiger partial charge < -0.3 is 14.4 Å². The van der Waals surface area contributed by atoms with E-state index in [9.17, 15) is 9.59 Å². The molecule has 5 rings (SSSR count). The van der Waals surface area contributed by atoms with Crippen molar-refractivity contribution in [2.45, 2.75) is 37.4 Å². The standard InChI is InChI=1S/C28H27NO4/c1-17-8-10-18(11-9-17)27(30)32-25-23-16-24(22-7-5-4-6-21(22)23)26(25)33-28(31)19-12-14-20(15-13-19)29(2)3/h4-15,23-26H,16H2,1-3H3/t23?,24?,25-,26+/m0/s1. The van der Waals surface area contributed by atoms with E-state index in [0.717, 1.165) is 17.7 Å². The fraction of sp³-hybridized carbons (Fsp3) is 0.286. The highest BCUT2D eigenvalue weighted by atomic mass is 16.6. The van der Waals surface area contributed by atoms with Gasteiger partial charge in [-0.15, -0.1) is 0 Å². The molecule has 1 saturated carbocycles. The predicted molar refractivity (Wildman–Crippen MR) is 127 cm³/mol. The van der Waals surface area contributed by atoms with E-state index in [1.165, 1.54) is 11.1 Å². The van der Waals surface area contributed by atoms with Crippen LogP contribution < -0.4 is 4.90 Å². The molecule has 0 spiro atoms. The average molecular weight is 442 g/mol. The quantitative estimate of drug-likeness (QED) is 0.516. The van der Waals surface area contributed by atoms with Crippen LogP contribution in [-0.4, -0.2) is 38.2 Å². The second-order valence-corrected chi connectivity index (χ2v) is 9.12. The Bertz CT molecular complexity index is 1180. The van der Waals surface area contributed by atoms with Crippen molar-refractivity contribution in [3.63, 3.8) is 0 Å². The zero-order valence-electron chi connectivity index (χ0n) is 19.0. The SMILES string of the molecule is Cc1ccc(C(=O)O[C@H]2C3CC(c4ccccc43)[C@H]2OC(=O)c2ccc(N(C)C)cc2)cc1. The summed E-state index contributed by atoms with van der Waals surface area (Å²) in [5.41, 5.74) is 5.44. The number of esters is 2. The molecule has 0 aromatic heterocycles. The molecular weight excluding hydrogens is 414 g/mol. The summed E-state index contributed by atoms with van der Waals surface area (Å²) >= 11 is 0. The van der Waals surface area contributed by atoms with Crippen LogP contribution in [0.15, 0.2) is 72.8 Å². The minimum absolute atomic E-state index is 0.0204. The van der Waals surface area contributed by atoms with E-state index >= 15 is 0 Å². The van der Waals surface area contributed by atoms with Gasteiger partial charge in [-0.2, -0.15) is 0 Å². The number of hydrogen-bond acceptors (Lipinski definition) is 5. The van der Waals surface area contributed by atoms with E-state index in [2.05, 4.69) is 12.1 Å². The first kappa shape index (κ1) is 21.3. The van der Waals surface area contributed by atoms with E-state index in [1.54, 1.807) is 24.3 Å². The number of hydrogen-bond donors (Lipinski definition) is 0. The Morgan fingerprint density at radius 1 is 0.727 bits per heavy atom. The van der Waals surface area contributed by atoms with Crippen LogP contribution in [0.2, 0.25) is 0 Å². The smallest absolute Gasteiger partial charge is 0.338 e. The van der Waals surface area contributed by atoms with Crippen molar-refractivity contribution >= 4 is 17.6 Å². The summed E-state index contributed by atoms with van der Waals surface area (Å²) in [4.78, 5) is 27.9. The van der Waals surface area contributed by atoms with Crippen molar-refractivity contribution in [1.82, 2.24) is 0 Å². The molecule has 0 heterocycles. The molecule has 2 aliphatic rings. The molecule has 168 valence electrons. The van der Waals surface area contributed by atoms with Crippen LogP contribution in [0.1, 0.15) is 55.7 Å². The number of anilines is 1. The lowest BCUT2D eigenvalue weighted by atomic mass is 9.87. The summed E-state index contributed by atoms with van der Waals surface area (Å²) in [5, 5.41) is 0. The zero-order chi connectivity index (χ0) is 23.1. The van der Waals surface area contributed by atoms with Gasteiger partial charge in [0.1, 0.15) is 12.2 Å². The first-order valence-electron chi connectivity index (χ1n) is 11.3. The van der Waals surface area contributed by atoms with Crippen molar-refractivity contribution in [3.05, 3.63) is 101 Å². The van der Waals surface area contributed by atoms with E-state index in [0.29, 0.717) is 11.1 Å². The van der Waals surface area contributed by atoms with Crippen LogP contribution in [-0.2, 0) is 9.47 Å². The normalized spacial score (nSPS) is 22.5. The Morgan fingerprint density at radius 2 is 1.18 bits per heavy atom. The maximum absolute atomic E-state index is 13.0. The lowest BCUT2D eigenvalue weighted by Crippen LogP contribution is -2.39. The molecule has 33 heavy (non-hydrogen) atoms. The minimum atomic E-state index is -0.514. The van der Waals surface area contributed by atoms with Crippen molar-refractivity contribution in [1.29, 1.82) is 0 Å². The number of benzene rings is 3. The Labute approximate surface area is 193 Å². The fourth-order valence-electron chi connectivity index (χ4n) is 5.06. The van der Waals surface area contributed by atoms with E-state index in [-0.39, 0.29) is 17.8 Å². The van der Waals surface area contributed by atoms with E-state index in [1.807, 2.05) is 62.3 Å². The first-order chi connectivity index (χ1) is 15.9. The van der Waals surface area contributed by atoms with Crippen LogP contribution in [0, 0.1) is 6.92 Å². The van der Waals surface area contributed by atoms with E-state index in [4.69, 9.17) is 9.47 Å². The number of rotatable bonds is 5. The van der Waals surface area contributed by atoms with Gasteiger partial charge in [-0.3, -0.25) is 0 Å². The molecule has 2 unspecified atom stereocenters. The number of aryl methyl sites for hydroxylation is 1. The summed E-state index contributed by atoms with van der Waals surface area (Å²) in [7, 11) is 3.90. The Hall–Kier alpha value is -3.60. The molecule has 5 nitrogen and oxygen atoms in total. The number of ether oxygens (including phenoxy) is 2. The van der Waals surface area contributed by atoms with Gasteiger partial charge in [0.05, 0.1) is 11.1 Å². The highest BCUT2D eigenvalue weighted by Crippen LogP contribution is 2.55. The maximum Gasteiger partial charge on any atom is 0.338 e. The van der Waals surface area contributed by atoms with Crippen LogP contribution in [0.4, 0.5) is 5.69 Å². The first-order valence-corrected chi connectivity index (χ1v) is 11.3. The van der Waals surface area contributed by atoms with Crippen molar-refractivity contribution < 1.29 is 19.1 Å². The molecule has 0 amide bonds. The van der Waals surface area contributed by atoms with Crippen LogP contribution in [0.25, 0.3) is 0 Å². The molecular formula is C28H27NO4. The van der Waals surface area contributed by atoms with Gasteiger partial charge in [0.25, 0.3) is 0 Å². The molecule has 0 N–H and O–H groups in total. The van der Waals surface area contributed by atoms with Gasteiger partial charge in [-0.05, 0) is 60.9 Å². The van der Waals surface area contributed by atoms with Gasteiger partial charge in [0, 0.05) is 31.6 Å². The summed E-state index contributed by atoms with van der Waals surface area (Å²) in [6.07, 6.45) is -0.216. The minimum Gasteiger partial charge on any atom is -0.454 e. The molecule has 2 bridgehead atoms. The third-order valence-electron chi connectivity index (χ3n) is 6.81. The summed E-state index contributed by atoms with van der Waals surface area (Å²) in [6, 6.07) is 22.8. The molecule has 2 aliphatic carbocycles. The average Bonchev–Trinajstić information content (AvgIpc) is 3.36. The van der Waals surface area contributed by atoms with Gasteiger partial charge in [0.15, 0.2) is 0 Å². The summed E-state index contributed by atoms with van der Waals surface area (Å²) < 4.78 is 12.0. The van der Waals surface area contributed by atoms with Crippen molar-refractivity contribution in [3.8, 4) is 0 Å². The zero-order valence-corrected chi connectivity index (χ0v) is 19.0. The van der Waals surface area contributed by atoms with Crippen molar-refractivity contribution in [2.75, 3.05) is 19.0 Å². The second-order valence-electron chi connectivity index (χ2n) is 9.12. The molecule has 3 aromatic carbocycles. The molecule has 0 aliphatic heterocycles. The number of carbonyl (C=O) groups is 2. The second kappa shape index (κ2) is 8.39. The molecule has 3 aromatic rings. The number of carbonyl (C=O) groups excluding carboxylic acids is 2. The Morgan fingerprint density at radius 3 is 1.64 bits per heavy atom. The van der Waals surface area contributed by atoms with Gasteiger partial charge in [-0.1, -0.05) is 42.0 Å². The maximum atomic E-state index is 13.0. The fourth-order valence-corrected chi connectivity index (χ4v) is 5.06. The molecule has 4 atom stereocenters.